The molecule has 8 nitrogen and oxygen atoms in total. The Hall–Kier alpha value is -2.62. The van der Waals surface area contributed by atoms with Gasteiger partial charge in [-0.2, -0.15) is 0 Å². The van der Waals surface area contributed by atoms with Crippen molar-refractivity contribution in [2.45, 2.75) is 25.0 Å². The number of amides is 3. The third kappa shape index (κ3) is 4.43. The predicted octanol–water partition coefficient (Wildman–Crippen LogP) is 2.61. The standard InChI is InChI=1S/C20H21ClN4O4S/c21-17-6-5-16(30-17)19(27)23-10-15-11-25(20(28)29-15)14-3-1-13(2-4-14)24-8-7-12(22)9-18(24)26/h1-6,12,15H,7-11,22H2,(H,23,27). The molecule has 0 radical (unpaired) electrons. The van der Waals surface area contributed by atoms with E-state index < -0.39 is 12.2 Å². The molecular formula is C20H21ClN4O4S. The number of cyclic esters (lactones) is 1. The fourth-order valence-electron chi connectivity index (χ4n) is 3.51. The van der Waals surface area contributed by atoms with Gasteiger partial charge in [0.1, 0.15) is 6.10 Å². The third-order valence-electron chi connectivity index (χ3n) is 5.10. The van der Waals surface area contributed by atoms with E-state index in [9.17, 15) is 14.4 Å². The molecule has 10 heteroatoms. The molecule has 0 bridgehead atoms. The van der Waals surface area contributed by atoms with Gasteiger partial charge in [0, 0.05) is 30.4 Å². The van der Waals surface area contributed by atoms with Gasteiger partial charge in [0.25, 0.3) is 5.91 Å². The minimum absolute atomic E-state index is 0.00455. The second kappa shape index (κ2) is 8.63. The van der Waals surface area contributed by atoms with Gasteiger partial charge < -0.3 is 20.7 Å². The number of thiophene rings is 1. The van der Waals surface area contributed by atoms with E-state index >= 15 is 0 Å². The first kappa shape index (κ1) is 20.6. The van der Waals surface area contributed by atoms with Gasteiger partial charge >= 0.3 is 6.09 Å². The summed E-state index contributed by atoms with van der Waals surface area (Å²) < 4.78 is 5.90. The molecule has 0 spiro atoms. The van der Waals surface area contributed by atoms with Gasteiger partial charge in [0.05, 0.1) is 22.3 Å². The third-order valence-corrected chi connectivity index (χ3v) is 6.33. The highest BCUT2D eigenvalue weighted by Crippen LogP contribution is 2.27. The van der Waals surface area contributed by atoms with E-state index in [1.807, 2.05) is 12.1 Å². The highest BCUT2D eigenvalue weighted by Gasteiger charge is 2.33. The van der Waals surface area contributed by atoms with Gasteiger partial charge in [-0.1, -0.05) is 11.6 Å². The molecule has 1 aromatic heterocycles. The molecule has 2 aliphatic heterocycles. The minimum Gasteiger partial charge on any atom is -0.442 e. The number of nitrogens with zero attached hydrogens (tertiary/aromatic N) is 2. The van der Waals surface area contributed by atoms with Gasteiger partial charge in [-0.15, -0.1) is 11.3 Å². The highest BCUT2D eigenvalue weighted by molar-refractivity contribution is 7.18. The van der Waals surface area contributed by atoms with Crippen molar-refractivity contribution in [1.82, 2.24) is 5.32 Å². The predicted molar refractivity (Wildman–Crippen MR) is 115 cm³/mol. The lowest BCUT2D eigenvalue weighted by Gasteiger charge is -2.30. The van der Waals surface area contributed by atoms with Gasteiger partial charge in [-0.3, -0.25) is 14.5 Å². The largest absolute Gasteiger partial charge is 0.442 e. The van der Waals surface area contributed by atoms with E-state index in [2.05, 4.69) is 5.32 Å². The molecule has 0 saturated carbocycles. The van der Waals surface area contributed by atoms with Crippen molar-refractivity contribution in [1.29, 1.82) is 0 Å². The molecule has 2 fully saturated rings. The monoisotopic (exact) mass is 448 g/mol. The van der Waals surface area contributed by atoms with Gasteiger partial charge in [-0.25, -0.2) is 4.79 Å². The van der Waals surface area contributed by atoms with E-state index in [0.29, 0.717) is 34.4 Å². The van der Waals surface area contributed by atoms with Crippen molar-refractivity contribution < 1.29 is 19.1 Å². The van der Waals surface area contributed by atoms with Gasteiger partial charge in [0.2, 0.25) is 5.91 Å². The summed E-state index contributed by atoms with van der Waals surface area (Å²) in [6.45, 7) is 1.11. The molecule has 0 aliphatic carbocycles. The smallest absolute Gasteiger partial charge is 0.414 e. The molecule has 2 saturated heterocycles. The molecule has 30 heavy (non-hydrogen) atoms. The van der Waals surface area contributed by atoms with Crippen molar-refractivity contribution in [2.75, 3.05) is 29.4 Å². The van der Waals surface area contributed by atoms with E-state index in [4.69, 9.17) is 22.1 Å². The number of nitrogens with two attached hydrogens (primary N) is 1. The maximum Gasteiger partial charge on any atom is 0.414 e. The number of ether oxygens (including phenoxy) is 1. The van der Waals surface area contributed by atoms with Crippen molar-refractivity contribution in [3.63, 3.8) is 0 Å². The molecule has 2 atom stereocenters. The van der Waals surface area contributed by atoms with Crippen LogP contribution in [0.5, 0.6) is 0 Å². The molecule has 4 rings (SSSR count). The SMILES string of the molecule is NC1CCN(c2ccc(N3CC(CNC(=O)c4ccc(Cl)s4)OC3=O)cc2)C(=O)C1. The summed E-state index contributed by atoms with van der Waals surface area (Å²) in [5.74, 6) is -0.249. The molecule has 3 heterocycles. The molecule has 3 amide bonds. The van der Waals surface area contributed by atoms with Crippen molar-refractivity contribution in [3.05, 3.63) is 45.6 Å². The second-order valence-electron chi connectivity index (χ2n) is 7.24. The number of hydrogen-bond acceptors (Lipinski definition) is 6. The van der Waals surface area contributed by atoms with Crippen LogP contribution in [0.15, 0.2) is 36.4 Å². The maximum absolute atomic E-state index is 12.3. The molecule has 2 aliphatic rings. The molecule has 3 N–H and O–H groups in total. The molecule has 1 aromatic carbocycles. The van der Waals surface area contributed by atoms with Crippen molar-refractivity contribution in [2.24, 2.45) is 5.73 Å². The summed E-state index contributed by atoms with van der Waals surface area (Å²) in [6, 6.07) is 10.4. The quantitative estimate of drug-likeness (QED) is 0.731. The lowest BCUT2D eigenvalue weighted by molar-refractivity contribution is -0.119. The van der Waals surface area contributed by atoms with Crippen LogP contribution in [0.1, 0.15) is 22.5 Å². The normalized spacial score (nSPS) is 21.7. The Morgan fingerprint density at radius 2 is 1.87 bits per heavy atom. The van der Waals surface area contributed by atoms with Gasteiger partial charge in [0.15, 0.2) is 0 Å². The van der Waals surface area contributed by atoms with Crippen LogP contribution in [0, 0.1) is 0 Å². The molecule has 158 valence electrons. The van der Waals surface area contributed by atoms with E-state index in [-0.39, 0.29) is 24.4 Å². The van der Waals surface area contributed by atoms with E-state index in [1.165, 1.54) is 16.2 Å². The minimum atomic E-state index is -0.471. The van der Waals surface area contributed by atoms with Crippen molar-refractivity contribution >= 4 is 52.2 Å². The Kier molecular flexibility index (Phi) is 5.94. The summed E-state index contributed by atoms with van der Waals surface area (Å²) in [5.41, 5.74) is 7.29. The maximum atomic E-state index is 12.3. The van der Waals surface area contributed by atoms with Crippen LogP contribution in [-0.2, 0) is 9.53 Å². The number of rotatable bonds is 5. The summed E-state index contributed by atoms with van der Waals surface area (Å²) in [7, 11) is 0. The van der Waals surface area contributed by atoms with E-state index in [1.54, 1.807) is 29.2 Å². The fourth-order valence-corrected chi connectivity index (χ4v) is 4.47. The number of halogens is 1. The number of carbonyl (C=O) groups excluding carboxylic acids is 3. The Morgan fingerprint density at radius 3 is 2.50 bits per heavy atom. The first-order valence-corrected chi connectivity index (χ1v) is 10.8. The van der Waals surface area contributed by atoms with Crippen LogP contribution in [0.4, 0.5) is 16.2 Å². The first-order chi connectivity index (χ1) is 14.4. The van der Waals surface area contributed by atoms with Crippen molar-refractivity contribution in [3.8, 4) is 0 Å². The molecule has 2 unspecified atom stereocenters. The number of anilines is 2. The van der Waals surface area contributed by atoms with Crippen LogP contribution in [0.25, 0.3) is 0 Å². The topological polar surface area (TPSA) is 105 Å². The lowest BCUT2D eigenvalue weighted by atomic mass is 10.0. The zero-order chi connectivity index (χ0) is 21.3. The number of carbonyl (C=O) groups is 3. The summed E-state index contributed by atoms with van der Waals surface area (Å²) in [5, 5.41) is 2.76. The Bertz CT molecular complexity index is 964. The average Bonchev–Trinajstić information content (AvgIpc) is 3.32. The Balaban J connectivity index is 1.35. The lowest BCUT2D eigenvalue weighted by Crippen LogP contribution is -2.44. The van der Waals surface area contributed by atoms with E-state index in [0.717, 1.165) is 12.1 Å². The highest BCUT2D eigenvalue weighted by atomic mass is 35.5. The van der Waals surface area contributed by atoms with Crippen LogP contribution in [-0.4, -0.2) is 49.7 Å². The van der Waals surface area contributed by atoms with Crippen LogP contribution in [0.2, 0.25) is 4.34 Å². The van der Waals surface area contributed by atoms with Gasteiger partial charge in [-0.05, 0) is 42.8 Å². The second-order valence-corrected chi connectivity index (χ2v) is 8.96. The zero-order valence-electron chi connectivity index (χ0n) is 16.0. The number of nitrogens with one attached hydrogen (secondary N) is 1. The number of piperidine rings is 1. The molecule has 2 aromatic rings. The summed E-state index contributed by atoms with van der Waals surface area (Å²) in [4.78, 5) is 40.3. The first-order valence-electron chi connectivity index (χ1n) is 9.58. The Morgan fingerprint density at radius 1 is 1.17 bits per heavy atom. The number of benzene rings is 1. The van der Waals surface area contributed by atoms with Crippen LogP contribution < -0.4 is 20.9 Å². The fraction of sp³-hybridized carbons (Fsp3) is 0.350. The van der Waals surface area contributed by atoms with Crippen LogP contribution in [0.3, 0.4) is 0 Å². The number of hydrogen-bond donors (Lipinski definition) is 2. The molecular weight excluding hydrogens is 428 g/mol. The average molecular weight is 449 g/mol. The van der Waals surface area contributed by atoms with Crippen LogP contribution >= 0.6 is 22.9 Å². The Labute approximate surface area is 182 Å². The summed E-state index contributed by atoms with van der Waals surface area (Å²) in [6.07, 6.45) is 0.172. The summed E-state index contributed by atoms with van der Waals surface area (Å²) >= 11 is 7.04. The zero-order valence-corrected chi connectivity index (χ0v) is 17.6.